The van der Waals surface area contributed by atoms with Gasteiger partial charge in [0.15, 0.2) is 0 Å². The zero-order valence-electron chi connectivity index (χ0n) is 9.32. The van der Waals surface area contributed by atoms with Crippen LogP contribution < -0.4 is 5.50 Å². The van der Waals surface area contributed by atoms with Gasteiger partial charge in [-0.05, 0) is 11.1 Å². The normalized spacial score (nSPS) is 34.9. The van der Waals surface area contributed by atoms with E-state index in [1.807, 2.05) is 36.4 Å². The lowest BCUT2D eigenvalue weighted by Gasteiger charge is -2.23. The summed E-state index contributed by atoms with van der Waals surface area (Å²) < 4.78 is 17.7. The van der Waals surface area contributed by atoms with E-state index in [2.05, 4.69) is 12.1 Å². The van der Waals surface area contributed by atoms with Gasteiger partial charge in [0.25, 0.3) is 7.52 Å². The molecule has 3 atom stereocenters. The Morgan fingerprint density at radius 3 is 2.88 bits per heavy atom. The van der Waals surface area contributed by atoms with Crippen LogP contribution in [0.15, 0.2) is 48.6 Å². The topological polar surface area (TPSA) is 52.3 Å². The molecule has 2 aliphatic rings. The summed E-state index contributed by atoms with van der Waals surface area (Å²) in [6, 6.07) is 7.98. The third-order valence-corrected chi connectivity index (χ3v) is 4.57. The molecule has 17 heavy (non-hydrogen) atoms. The Morgan fingerprint density at radius 2 is 2.00 bits per heavy atom. The summed E-state index contributed by atoms with van der Waals surface area (Å²) in [5, 5.41) is 0. The van der Waals surface area contributed by atoms with E-state index < -0.39 is 7.52 Å². The van der Waals surface area contributed by atoms with Gasteiger partial charge in [-0.1, -0.05) is 48.6 Å². The third-order valence-electron chi connectivity index (χ3n) is 3.19. The number of fused-ring (bicyclic) bond motifs is 3. The molecule has 1 heterocycles. The predicted molar refractivity (Wildman–Crippen MR) is 67.8 cm³/mol. The first-order valence-corrected chi connectivity index (χ1v) is 7.52. The van der Waals surface area contributed by atoms with E-state index in [0.717, 1.165) is 5.56 Å². The molecule has 4 heteroatoms. The van der Waals surface area contributed by atoms with Crippen LogP contribution in [0, 0.1) is 0 Å². The SMILES string of the molecule is NP1(=O)Cc2ccccc2C2C=CC=CC2O1. The van der Waals surface area contributed by atoms with E-state index in [4.69, 9.17) is 10.0 Å². The third kappa shape index (κ3) is 2.02. The second-order valence-electron chi connectivity index (χ2n) is 4.45. The fourth-order valence-corrected chi connectivity index (χ4v) is 3.90. The van der Waals surface area contributed by atoms with E-state index in [1.54, 1.807) is 0 Å². The van der Waals surface area contributed by atoms with Crippen molar-refractivity contribution in [3.8, 4) is 0 Å². The number of benzene rings is 1. The number of hydrogen-bond acceptors (Lipinski definition) is 2. The molecule has 3 nitrogen and oxygen atoms in total. The van der Waals surface area contributed by atoms with Crippen molar-refractivity contribution in [2.75, 3.05) is 0 Å². The maximum absolute atomic E-state index is 12.2. The van der Waals surface area contributed by atoms with E-state index in [-0.39, 0.29) is 12.0 Å². The zero-order chi connectivity index (χ0) is 11.9. The second-order valence-corrected chi connectivity index (χ2v) is 6.43. The minimum atomic E-state index is -3.04. The molecule has 0 radical (unpaired) electrons. The number of allylic oxidation sites excluding steroid dienone is 2. The standard InChI is InChI=1S/C13H14NO2P/c14-17(15)9-10-5-1-2-6-11(10)12-7-3-4-8-13(12)16-17/h1-8,12-13H,9H2,(H2,14,15). The highest BCUT2D eigenvalue weighted by Crippen LogP contribution is 2.50. The molecule has 1 aromatic rings. The molecule has 1 aromatic carbocycles. The summed E-state index contributed by atoms with van der Waals surface area (Å²) in [5.74, 6) is 0.121. The van der Waals surface area contributed by atoms with E-state index in [1.165, 1.54) is 5.56 Å². The average Bonchev–Trinajstić information content (AvgIpc) is 2.40. The minimum absolute atomic E-state index is 0.121. The summed E-state index contributed by atoms with van der Waals surface area (Å²) >= 11 is 0. The van der Waals surface area contributed by atoms with Crippen LogP contribution in [0.2, 0.25) is 0 Å². The quantitative estimate of drug-likeness (QED) is 0.717. The van der Waals surface area contributed by atoms with Crippen LogP contribution in [0.5, 0.6) is 0 Å². The minimum Gasteiger partial charge on any atom is -0.309 e. The van der Waals surface area contributed by atoms with Crippen molar-refractivity contribution < 1.29 is 9.09 Å². The number of hydrogen-bond donors (Lipinski definition) is 1. The van der Waals surface area contributed by atoms with Gasteiger partial charge in [0.2, 0.25) is 0 Å². The van der Waals surface area contributed by atoms with Gasteiger partial charge in [-0.3, -0.25) is 10.1 Å². The molecular formula is C13H14NO2P. The highest BCUT2D eigenvalue weighted by atomic mass is 31.2. The summed E-state index contributed by atoms with van der Waals surface area (Å²) in [6.07, 6.45) is 8.02. The van der Waals surface area contributed by atoms with E-state index >= 15 is 0 Å². The lowest BCUT2D eigenvalue weighted by molar-refractivity contribution is 0.237. The zero-order valence-corrected chi connectivity index (χ0v) is 10.2. The van der Waals surface area contributed by atoms with Gasteiger partial charge in [-0.2, -0.15) is 0 Å². The summed E-state index contributed by atoms with van der Waals surface area (Å²) in [7, 11) is -3.04. The molecule has 1 aliphatic heterocycles. The molecular weight excluding hydrogens is 233 g/mol. The summed E-state index contributed by atoms with van der Waals surface area (Å²) in [4.78, 5) is 0. The molecule has 2 N–H and O–H groups in total. The van der Waals surface area contributed by atoms with Crippen LogP contribution in [-0.4, -0.2) is 6.10 Å². The molecule has 0 saturated heterocycles. The van der Waals surface area contributed by atoms with Crippen LogP contribution >= 0.6 is 7.52 Å². The lowest BCUT2D eigenvalue weighted by atomic mass is 9.87. The van der Waals surface area contributed by atoms with Crippen LogP contribution in [0.3, 0.4) is 0 Å². The molecule has 3 unspecified atom stereocenters. The molecule has 1 aliphatic carbocycles. The first kappa shape index (κ1) is 11.0. The van der Waals surface area contributed by atoms with Gasteiger partial charge in [-0.15, -0.1) is 0 Å². The van der Waals surface area contributed by atoms with Gasteiger partial charge >= 0.3 is 0 Å². The fourth-order valence-electron chi connectivity index (χ4n) is 2.45. The Kier molecular flexibility index (Phi) is 2.55. The molecule has 88 valence electrons. The van der Waals surface area contributed by atoms with E-state index in [0.29, 0.717) is 6.16 Å². The maximum Gasteiger partial charge on any atom is 0.272 e. The first-order chi connectivity index (χ1) is 8.16. The molecule has 3 rings (SSSR count). The van der Waals surface area contributed by atoms with Crippen molar-refractivity contribution in [2.24, 2.45) is 5.50 Å². The number of nitrogens with two attached hydrogens (primary N) is 1. The molecule has 0 saturated carbocycles. The Morgan fingerprint density at radius 1 is 1.24 bits per heavy atom. The van der Waals surface area contributed by atoms with Crippen molar-refractivity contribution in [1.82, 2.24) is 0 Å². The van der Waals surface area contributed by atoms with Gasteiger partial charge < -0.3 is 4.52 Å². The summed E-state index contributed by atoms with van der Waals surface area (Å²) in [6.45, 7) is 0. The highest BCUT2D eigenvalue weighted by Gasteiger charge is 2.34. The van der Waals surface area contributed by atoms with Gasteiger partial charge in [0.1, 0.15) is 0 Å². The monoisotopic (exact) mass is 247 g/mol. The smallest absolute Gasteiger partial charge is 0.272 e. The van der Waals surface area contributed by atoms with Crippen molar-refractivity contribution in [3.05, 3.63) is 59.7 Å². The first-order valence-electron chi connectivity index (χ1n) is 5.64. The van der Waals surface area contributed by atoms with Crippen molar-refractivity contribution >= 4 is 7.52 Å². The highest BCUT2D eigenvalue weighted by molar-refractivity contribution is 7.55. The summed E-state index contributed by atoms with van der Waals surface area (Å²) in [5.41, 5.74) is 7.98. The Balaban J connectivity index is 2.15. The number of rotatable bonds is 0. The van der Waals surface area contributed by atoms with Crippen LogP contribution in [-0.2, 0) is 15.3 Å². The van der Waals surface area contributed by atoms with Gasteiger partial charge in [0, 0.05) is 5.92 Å². The van der Waals surface area contributed by atoms with Crippen molar-refractivity contribution in [3.63, 3.8) is 0 Å². The Hall–Kier alpha value is -1.15. The lowest BCUT2D eigenvalue weighted by Crippen LogP contribution is -2.19. The molecule has 0 aromatic heterocycles. The van der Waals surface area contributed by atoms with Crippen LogP contribution in [0.4, 0.5) is 0 Å². The van der Waals surface area contributed by atoms with Gasteiger partial charge in [-0.25, -0.2) is 0 Å². The molecule has 0 amide bonds. The van der Waals surface area contributed by atoms with E-state index in [9.17, 15) is 4.57 Å². The van der Waals surface area contributed by atoms with Crippen LogP contribution in [0.25, 0.3) is 0 Å². The Bertz CT molecular complexity index is 550. The molecule has 0 spiro atoms. The van der Waals surface area contributed by atoms with Crippen LogP contribution in [0.1, 0.15) is 17.0 Å². The van der Waals surface area contributed by atoms with Gasteiger partial charge in [0.05, 0.1) is 12.3 Å². The second kappa shape index (κ2) is 3.95. The maximum atomic E-state index is 12.2. The molecule has 0 bridgehead atoms. The largest absolute Gasteiger partial charge is 0.309 e. The van der Waals surface area contributed by atoms with Crippen molar-refractivity contribution in [1.29, 1.82) is 0 Å². The fraction of sp³-hybridized carbons (Fsp3) is 0.231. The average molecular weight is 247 g/mol. The predicted octanol–water partition coefficient (Wildman–Crippen LogP) is 2.95. The van der Waals surface area contributed by atoms with Crippen molar-refractivity contribution in [2.45, 2.75) is 18.2 Å². The Labute approximate surface area is 100 Å². The molecule has 0 fully saturated rings.